The molecule has 1 atom stereocenters. The van der Waals surface area contributed by atoms with Crippen molar-refractivity contribution >= 4 is 34.5 Å². The molecule has 1 amide bonds. The normalized spacial score (nSPS) is 12.1. The van der Waals surface area contributed by atoms with Gasteiger partial charge in [-0.25, -0.2) is 9.97 Å². The Bertz CT molecular complexity index is 1140. The molecule has 0 bridgehead atoms. The molecule has 4 N–H and O–H groups in total. The number of carboxylic acid groups (broad SMARTS) is 1. The number of carboxylic acids is 1. The average molecular weight is 513 g/mol. The Kier molecular flexibility index (Phi) is 15.7. The number of aromatic nitrogens is 3. The zero-order valence-corrected chi connectivity index (χ0v) is 22.5. The second-order valence-electron chi connectivity index (χ2n) is 8.35. The number of hydrogen-bond donors (Lipinski definition) is 4. The molecule has 0 saturated carbocycles. The van der Waals surface area contributed by atoms with Crippen LogP contribution in [0.2, 0.25) is 0 Å². The number of carbonyl (C=O) groups excluding carboxylic acids is 1. The summed E-state index contributed by atoms with van der Waals surface area (Å²) in [5.41, 5.74) is 4.07. The van der Waals surface area contributed by atoms with Gasteiger partial charge in [0.25, 0.3) is 0 Å². The molecule has 3 heterocycles. The Hall–Kier alpha value is -3.15. The maximum atomic E-state index is 10.8. The van der Waals surface area contributed by atoms with Crippen molar-refractivity contribution in [3.05, 3.63) is 74.6 Å². The largest absolute Gasteiger partial charge is 1.00 e. The topological polar surface area (TPSA) is 129 Å². The summed E-state index contributed by atoms with van der Waals surface area (Å²) in [4.78, 5) is 33.8. The maximum absolute atomic E-state index is 10.8. The summed E-state index contributed by atoms with van der Waals surface area (Å²) in [6, 6.07) is 11.0. The first kappa shape index (κ1) is 32.9. The van der Waals surface area contributed by atoms with Gasteiger partial charge in [0.05, 0.1) is 23.3 Å². The number of amides is 1. The van der Waals surface area contributed by atoms with Crippen LogP contribution < -0.4 is 34.8 Å². The molecule has 200 valence electrons. The molecular formula is C28H37LiN6O3-2. The molecule has 0 unspecified atom stereocenters. The minimum Gasteiger partial charge on any atom is -0.480 e. The van der Waals surface area contributed by atoms with Crippen LogP contribution in [0.3, 0.4) is 0 Å². The summed E-state index contributed by atoms with van der Waals surface area (Å²) >= 11 is 0. The number of rotatable bonds is 8. The van der Waals surface area contributed by atoms with Gasteiger partial charge in [0, 0.05) is 19.2 Å². The Morgan fingerprint density at radius 3 is 2.45 bits per heavy atom. The van der Waals surface area contributed by atoms with E-state index in [9.17, 15) is 9.59 Å². The fourth-order valence-electron chi connectivity index (χ4n) is 3.45. The van der Waals surface area contributed by atoms with E-state index in [0.717, 1.165) is 42.7 Å². The van der Waals surface area contributed by atoms with Crippen LogP contribution in [0.25, 0.3) is 11.0 Å². The number of para-hydroxylation sites is 2. The fourth-order valence-corrected chi connectivity index (χ4v) is 3.45. The first-order valence-electron chi connectivity index (χ1n) is 12.4. The number of aryl methyl sites for hydroxylation is 2. The Morgan fingerprint density at radius 2 is 1.84 bits per heavy atom. The quantitative estimate of drug-likeness (QED) is 0.262. The van der Waals surface area contributed by atoms with Gasteiger partial charge in [0.15, 0.2) is 0 Å². The third kappa shape index (κ3) is 11.5. The van der Waals surface area contributed by atoms with E-state index in [0.29, 0.717) is 12.4 Å². The maximum Gasteiger partial charge on any atom is 1.00 e. The van der Waals surface area contributed by atoms with Crippen molar-refractivity contribution in [1.82, 2.24) is 20.3 Å². The van der Waals surface area contributed by atoms with Gasteiger partial charge in [0.2, 0.25) is 5.91 Å². The number of carbonyl (C=O) groups is 2. The smallest absolute Gasteiger partial charge is 0.480 e. The predicted octanol–water partition coefficient (Wildman–Crippen LogP) is 1.28. The molecule has 3 aromatic rings. The van der Waals surface area contributed by atoms with Crippen LogP contribution in [-0.4, -0.2) is 51.1 Å². The molecular weight excluding hydrogens is 475 g/mol. The fraction of sp³-hybridized carbons (Fsp3) is 0.357. The van der Waals surface area contributed by atoms with Crippen molar-refractivity contribution in [1.29, 1.82) is 0 Å². The number of nitrogens with one attached hydrogen (secondary N) is 3. The standard InChI is InChI=1S/C12H12N3O2.C12H17N2.C4H8NO.Li/c1-2-8(12(16)17)14-11-7-13-9-5-3-4-6-10(9)15-11;1-2-3-6-11-8-7-10-5-4-9-13-12(10)14-11;1-3-5-4(2)6;/h3-8H,1-2H2,(H,14,15)(H,16,17);7-8H,1-6,9H2,(H,13,14);1,3H2,2H3,(H,5,6);/q3*-1;+1/t8-;;;/m0.../s1. The minimum absolute atomic E-state index is 0. The van der Waals surface area contributed by atoms with Gasteiger partial charge in [-0.2, -0.15) is 12.8 Å². The molecule has 0 aliphatic carbocycles. The van der Waals surface area contributed by atoms with Crippen molar-refractivity contribution in [2.75, 3.05) is 23.7 Å². The van der Waals surface area contributed by atoms with E-state index < -0.39 is 12.0 Å². The number of anilines is 2. The summed E-state index contributed by atoms with van der Waals surface area (Å²) in [7, 11) is 0. The molecule has 1 aliphatic rings. The summed E-state index contributed by atoms with van der Waals surface area (Å²) in [6.45, 7) is 13.8. The number of nitrogens with zero attached hydrogens (tertiary/aromatic N) is 3. The van der Waals surface area contributed by atoms with E-state index in [2.05, 4.69) is 63.8 Å². The van der Waals surface area contributed by atoms with Crippen LogP contribution in [-0.2, 0) is 22.4 Å². The molecule has 0 spiro atoms. The SMILES string of the molecule is [CH2-]CCCc1ccc2c(n1)NCCC2.[CH2-]CNC(C)=O.[CH2-]C[C@H](Nc1cnc2ccccc2n1)C(=O)O.[Li+]. The second-order valence-corrected chi connectivity index (χ2v) is 8.35. The van der Waals surface area contributed by atoms with E-state index in [1.165, 1.54) is 37.2 Å². The summed E-state index contributed by atoms with van der Waals surface area (Å²) < 4.78 is 0. The third-order valence-corrected chi connectivity index (χ3v) is 5.37. The van der Waals surface area contributed by atoms with E-state index in [-0.39, 0.29) is 31.2 Å². The van der Waals surface area contributed by atoms with Crippen molar-refractivity contribution in [2.24, 2.45) is 0 Å². The first-order chi connectivity index (χ1) is 17.9. The van der Waals surface area contributed by atoms with E-state index >= 15 is 0 Å². The molecule has 0 radical (unpaired) electrons. The van der Waals surface area contributed by atoms with Gasteiger partial charge in [0.1, 0.15) is 11.6 Å². The molecule has 0 fully saturated rings. The van der Waals surface area contributed by atoms with Crippen molar-refractivity contribution in [3.63, 3.8) is 0 Å². The van der Waals surface area contributed by atoms with Crippen LogP contribution in [0.5, 0.6) is 0 Å². The van der Waals surface area contributed by atoms with Gasteiger partial charge in [-0.15, -0.1) is 6.54 Å². The zero-order chi connectivity index (χ0) is 27.0. The van der Waals surface area contributed by atoms with Crippen LogP contribution >= 0.6 is 0 Å². The Balaban J connectivity index is 0.000000311. The molecule has 38 heavy (non-hydrogen) atoms. The van der Waals surface area contributed by atoms with Gasteiger partial charge >= 0.3 is 24.8 Å². The second kappa shape index (κ2) is 18.2. The van der Waals surface area contributed by atoms with Gasteiger partial charge in [-0.1, -0.05) is 24.6 Å². The Labute approximate surface area is 237 Å². The molecule has 0 saturated heterocycles. The van der Waals surface area contributed by atoms with Crippen molar-refractivity contribution < 1.29 is 33.6 Å². The monoisotopic (exact) mass is 512 g/mol. The number of aliphatic carboxylic acids is 1. The first-order valence-corrected chi connectivity index (χ1v) is 12.4. The summed E-state index contributed by atoms with van der Waals surface area (Å²) in [5, 5.41) is 17.5. The van der Waals surface area contributed by atoms with Gasteiger partial charge in [-0.3, -0.25) is 14.6 Å². The van der Waals surface area contributed by atoms with Gasteiger partial charge in [-0.05, 0) is 43.0 Å². The Morgan fingerprint density at radius 1 is 1.11 bits per heavy atom. The molecule has 1 aliphatic heterocycles. The molecule has 2 aromatic heterocycles. The molecule has 1 aromatic carbocycles. The molecule has 10 heteroatoms. The third-order valence-electron chi connectivity index (χ3n) is 5.37. The minimum atomic E-state index is -0.949. The molecule has 9 nitrogen and oxygen atoms in total. The number of unbranched alkanes of at least 4 members (excludes halogenated alkanes) is 1. The van der Waals surface area contributed by atoms with Crippen molar-refractivity contribution in [3.8, 4) is 0 Å². The van der Waals surface area contributed by atoms with E-state index in [4.69, 9.17) is 5.11 Å². The van der Waals surface area contributed by atoms with Crippen molar-refractivity contribution in [2.45, 2.75) is 51.5 Å². The van der Waals surface area contributed by atoms with Crippen LogP contribution in [0.15, 0.2) is 42.6 Å². The van der Waals surface area contributed by atoms with Gasteiger partial charge < -0.3 is 41.8 Å². The zero-order valence-electron chi connectivity index (χ0n) is 22.5. The van der Waals surface area contributed by atoms with Crippen LogP contribution in [0.1, 0.15) is 43.9 Å². The summed E-state index contributed by atoms with van der Waals surface area (Å²) in [6.07, 6.45) is 7.34. The number of pyridine rings is 1. The number of hydrogen-bond acceptors (Lipinski definition) is 7. The number of benzene rings is 1. The van der Waals surface area contributed by atoms with Crippen LogP contribution in [0, 0.1) is 20.8 Å². The van der Waals surface area contributed by atoms with E-state index in [1.54, 1.807) is 0 Å². The molecule has 4 rings (SSSR count). The van der Waals surface area contributed by atoms with Crippen LogP contribution in [0.4, 0.5) is 11.6 Å². The van der Waals surface area contributed by atoms with E-state index in [1.807, 2.05) is 24.3 Å². The predicted molar refractivity (Wildman–Crippen MR) is 148 cm³/mol. The average Bonchev–Trinajstić information content (AvgIpc) is 2.91. The number of fused-ring (bicyclic) bond motifs is 2. The summed E-state index contributed by atoms with van der Waals surface area (Å²) in [5.74, 6) is 0.581.